The van der Waals surface area contributed by atoms with Gasteiger partial charge in [0.2, 0.25) is 5.91 Å². The van der Waals surface area contributed by atoms with Crippen molar-refractivity contribution in [3.05, 3.63) is 73.2 Å². The van der Waals surface area contributed by atoms with Crippen molar-refractivity contribution in [1.82, 2.24) is 39.1 Å². The number of fused-ring (bicyclic) bond motifs is 1. The smallest absolute Gasteiger partial charge is 0.251 e. The highest BCUT2D eigenvalue weighted by molar-refractivity contribution is 5.92. The van der Waals surface area contributed by atoms with Gasteiger partial charge < -0.3 is 4.90 Å². The molecule has 1 fully saturated rings. The Morgan fingerprint density at radius 3 is 2.60 bits per heavy atom. The van der Waals surface area contributed by atoms with Crippen LogP contribution in [0.5, 0.6) is 0 Å². The number of aryl methyl sites for hydroxylation is 1. The largest absolute Gasteiger partial charge is 0.365 e. The molecule has 0 bridgehead atoms. The lowest BCUT2D eigenvalue weighted by Crippen LogP contribution is -2.34. The molecule has 11 nitrogen and oxygen atoms in total. The van der Waals surface area contributed by atoms with Crippen LogP contribution in [-0.2, 0) is 18.4 Å². The fraction of sp³-hybridized carbons (Fsp3) is 0.250. The first-order valence-corrected chi connectivity index (χ1v) is 11.5. The Bertz CT molecular complexity index is 1480. The number of benzene rings is 1. The van der Waals surface area contributed by atoms with E-state index in [2.05, 4.69) is 30.2 Å². The Labute approximate surface area is 201 Å². The molecular formula is C24H24N10O. The zero-order valence-electron chi connectivity index (χ0n) is 19.3. The summed E-state index contributed by atoms with van der Waals surface area (Å²) < 4.78 is 5.29. The van der Waals surface area contributed by atoms with Gasteiger partial charge in [0.05, 0.1) is 18.9 Å². The average Bonchev–Trinajstić information content (AvgIpc) is 3.59. The first-order chi connectivity index (χ1) is 17.1. The van der Waals surface area contributed by atoms with E-state index in [0.29, 0.717) is 38.5 Å². The van der Waals surface area contributed by atoms with Gasteiger partial charge in [-0.1, -0.05) is 30.3 Å². The minimum Gasteiger partial charge on any atom is -0.365 e. The third-order valence-corrected chi connectivity index (χ3v) is 6.16. The summed E-state index contributed by atoms with van der Waals surface area (Å²) in [6, 6.07) is 10.1. The summed E-state index contributed by atoms with van der Waals surface area (Å²) in [4.78, 5) is 25.8. The van der Waals surface area contributed by atoms with Gasteiger partial charge in [-0.15, -0.1) is 5.10 Å². The van der Waals surface area contributed by atoms with Crippen LogP contribution in [0.4, 0.5) is 11.6 Å². The third-order valence-electron chi connectivity index (χ3n) is 6.16. The number of nitrogens with zero attached hydrogens (tertiary/aromatic N) is 10. The summed E-state index contributed by atoms with van der Waals surface area (Å²) in [7, 11) is 1.88. The highest BCUT2D eigenvalue weighted by Gasteiger charge is 2.26. The van der Waals surface area contributed by atoms with Crippen molar-refractivity contribution in [3.8, 4) is 11.1 Å². The van der Waals surface area contributed by atoms with E-state index in [1.54, 1.807) is 31.3 Å². The van der Waals surface area contributed by atoms with E-state index in [1.165, 1.54) is 0 Å². The molecule has 1 aliphatic heterocycles. The van der Waals surface area contributed by atoms with Gasteiger partial charge in [-0.05, 0) is 5.56 Å². The van der Waals surface area contributed by atoms with Gasteiger partial charge in [-0.2, -0.15) is 10.2 Å². The molecule has 35 heavy (non-hydrogen) atoms. The maximum absolute atomic E-state index is 12.9. The zero-order valence-corrected chi connectivity index (χ0v) is 19.3. The van der Waals surface area contributed by atoms with Gasteiger partial charge in [0.25, 0.3) is 5.95 Å². The summed E-state index contributed by atoms with van der Waals surface area (Å²) in [6.45, 7) is 2.30. The molecule has 0 unspecified atom stereocenters. The fourth-order valence-electron chi connectivity index (χ4n) is 4.33. The number of rotatable bonds is 5. The van der Waals surface area contributed by atoms with E-state index in [0.717, 1.165) is 28.0 Å². The van der Waals surface area contributed by atoms with Crippen molar-refractivity contribution < 1.29 is 4.79 Å². The second-order valence-corrected chi connectivity index (χ2v) is 8.55. The van der Waals surface area contributed by atoms with Gasteiger partial charge in [-0.3, -0.25) is 14.4 Å². The van der Waals surface area contributed by atoms with Crippen LogP contribution in [0.1, 0.15) is 12.0 Å². The summed E-state index contributed by atoms with van der Waals surface area (Å²) in [5.41, 5.74) is 4.71. The molecule has 11 heteroatoms. The molecule has 1 aromatic carbocycles. The molecule has 0 radical (unpaired) electrons. The maximum Gasteiger partial charge on any atom is 0.251 e. The van der Waals surface area contributed by atoms with Crippen molar-refractivity contribution in [2.75, 3.05) is 29.4 Å². The van der Waals surface area contributed by atoms with Crippen molar-refractivity contribution >= 4 is 23.2 Å². The molecule has 1 saturated heterocycles. The van der Waals surface area contributed by atoms with Gasteiger partial charge >= 0.3 is 0 Å². The lowest BCUT2D eigenvalue weighted by molar-refractivity contribution is -0.118. The van der Waals surface area contributed by atoms with Gasteiger partial charge in [0.15, 0.2) is 5.65 Å². The van der Waals surface area contributed by atoms with Crippen LogP contribution in [0.25, 0.3) is 16.8 Å². The summed E-state index contributed by atoms with van der Waals surface area (Å²) in [6.07, 6.45) is 11.4. The zero-order chi connectivity index (χ0) is 23.8. The molecule has 0 saturated carbocycles. The topological polar surface area (TPSA) is 102 Å². The molecule has 4 aromatic heterocycles. The minimum atomic E-state index is 0.00765. The van der Waals surface area contributed by atoms with Crippen molar-refractivity contribution in [2.45, 2.75) is 13.0 Å². The summed E-state index contributed by atoms with van der Waals surface area (Å²) in [5, 5.41) is 13.3. The molecule has 5 heterocycles. The van der Waals surface area contributed by atoms with Crippen LogP contribution in [-0.4, -0.2) is 64.7 Å². The van der Waals surface area contributed by atoms with E-state index in [1.807, 2.05) is 62.2 Å². The molecule has 176 valence electrons. The van der Waals surface area contributed by atoms with E-state index in [4.69, 9.17) is 0 Å². The average molecular weight is 469 g/mol. The lowest BCUT2D eigenvalue weighted by Gasteiger charge is -2.21. The molecule has 0 aliphatic carbocycles. The summed E-state index contributed by atoms with van der Waals surface area (Å²) >= 11 is 0. The van der Waals surface area contributed by atoms with Gasteiger partial charge in [0.1, 0.15) is 12.0 Å². The number of hydrogen-bond acceptors (Lipinski definition) is 7. The van der Waals surface area contributed by atoms with E-state index >= 15 is 0 Å². The molecule has 5 aromatic rings. The van der Waals surface area contributed by atoms with Gasteiger partial charge in [0, 0.05) is 62.8 Å². The Morgan fingerprint density at radius 2 is 1.77 bits per heavy atom. The first kappa shape index (κ1) is 21.0. The van der Waals surface area contributed by atoms with Crippen molar-refractivity contribution in [1.29, 1.82) is 0 Å². The SMILES string of the molecule is Cn1cc(-c2cnc3c(N4CCC(=O)N(c5ncn(Cc6ccccc6)n5)CC4)cnn3c2)cn1. The predicted molar refractivity (Wildman–Crippen MR) is 130 cm³/mol. The second kappa shape index (κ2) is 8.67. The number of carbonyl (C=O) groups is 1. The van der Waals surface area contributed by atoms with Crippen LogP contribution < -0.4 is 9.80 Å². The molecular weight excluding hydrogens is 444 g/mol. The minimum absolute atomic E-state index is 0.00765. The van der Waals surface area contributed by atoms with Crippen molar-refractivity contribution in [3.63, 3.8) is 0 Å². The molecule has 1 aliphatic rings. The van der Waals surface area contributed by atoms with E-state index in [-0.39, 0.29) is 5.91 Å². The molecule has 6 rings (SSSR count). The Morgan fingerprint density at radius 1 is 0.914 bits per heavy atom. The standard InChI is InChI=1S/C24H24N10O/c1-30-15-20(12-27-30)19-11-25-23-21(13-28-34(23)16-19)31-8-7-22(35)33(10-9-31)24-26-17-32(29-24)14-18-5-3-2-4-6-18/h2-6,11-13,15-17H,7-10,14H2,1H3. The first-order valence-electron chi connectivity index (χ1n) is 11.5. The fourth-order valence-corrected chi connectivity index (χ4v) is 4.33. The molecule has 0 atom stereocenters. The van der Waals surface area contributed by atoms with Crippen LogP contribution in [0, 0.1) is 0 Å². The Balaban J connectivity index is 1.19. The normalized spacial score (nSPS) is 14.6. The van der Waals surface area contributed by atoms with Crippen LogP contribution in [0.3, 0.4) is 0 Å². The monoisotopic (exact) mass is 468 g/mol. The Kier molecular flexibility index (Phi) is 5.21. The lowest BCUT2D eigenvalue weighted by atomic mass is 10.2. The maximum atomic E-state index is 12.9. The third kappa shape index (κ3) is 4.12. The molecule has 1 amide bonds. The van der Waals surface area contributed by atoms with Crippen LogP contribution in [0.15, 0.2) is 67.6 Å². The number of hydrogen-bond donors (Lipinski definition) is 0. The molecule has 0 N–H and O–H groups in total. The van der Waals surface area contributed by atoms with E-state index < -0.39 is 0 Å². The Hall–Kier alpha value is -4.54. The highest BCUT2D eigenvalue weighted by Crippen LogP contribution is 2.25. The van der Waals surface area contributed by atoms with Crippen LogP contribution in [0.2, 0.25) is 0 Å². The second-order valence-electron chi connectivity index (χ2n) is 8.55. The predicted octanol–water partition coefficient (Wildman–Crippen LogP) is 2.01. The number of aromatic nitrogens is 8. The number of carbonyl (C=O) groups excluding carboxylic acids is 1. The van der Waals surface area contributed by atoms with Crippen LogP contribution >= 0.6 is 0 Å². The quantitative estimate of drug-likeness (QED) is 0.389. The van der Waals surface area contributed by atoms with E-state index in [9.17, 15) is 4.79 Å². The number of amides is 1. The summed E-state index contributed by atoms with van der Waals surface area (Å²) in [5.74, 6) is 0.445. The van der Waals surface area contributed by atoms with Gasteiger partial charge in [-0.25, -0.2) is 19.2 Å². The van der Waals surface area contributed by atoms with Crippen molar-refractivity contribution in [2.24, 2.45) is 7.05 Å². The number of anilines is 2. The molecule has 0 spiro atoms. The highest BCUT2D eigenvalue weighted by atomic mass is 16.2.